The van der Waals surface area contributed by atoms with E-state index in [1.165, 1.54) is 11.3 Å². The third kappa shape index (κ3) is 3.69. The Kier molecular flexibility index (Phi) is 5.46. The molecule has 0 saturated carbocycles. The zero-order valence-electron chi connectivity index (χ0n) is 17.8. The van der Waals surface area contributed by atoms with Crippen LogP contribution in [0, 0.1) is 5.41 Å². The summed E-state index contributed by atoms with van der Waals surface area (Å²) in [6.45, 7) is 2.27. The summed E-state index contributed by atoms with van der Waals surface area (Å²) in [7, 11) is 1.56. The second-order valence-electron chi connectivity index (χ2n) is 8.56. The molecule has 0 bridgehead atoms. The number of likely N-dealkylation sites (tertiary alicyclic amines) is 1. The van der Waals surface area contributed by atoms with Gasteiger partial charge in [0.2, 0.25) is 17.7 Å². The molecule has 32 heavy (non-hydrogen) atoms. The molecule has 170 valence electrons. The molecule has 0 atom stereocenters. The van der Waals surface area contributed by atoms with Crippen LogP contribution in [-0.4, -0.2) is 66.1 Å². The van der Waals surface area contributed by atoms with Crippen LogP contribution < -0.4 is 15.4 Å². The molecule has 0 radical (unpaired) electrons. The van der Waals surface area contributed by atoms with Crippen molar-refractivity contribution >= 4 is 44.5 Å². The van der Waals surface area contributed by atoms with Crippen LogP contribution in [0.1, 0.15) is 43.6 Å². The maximum atomic E-state index is 12.9. The molecule has 4 amide bonds. The Morgan fingerprint density at radius 2 is 2.06 bits per heavy atom. The van der Waals surface area contributed by atoms with Crippen molar-refractivity contribution in [3.05, 3.63) is 11.8 Å². The molecule has 2 aromatic heterocycles. The number of amides is 4. The van der Waals surface area contributed by atoms with Crippen LogP contribution in [0.5, 0.6) is 5.88 Å². The quantitative estimate of drug-likeness (QED) is 0.675. The lowest BCUT2D eigenvalue weighted by Crippen LogP contribution is -2.47. The topological polar surface area (TPSA) is 123 Å². The zero-order valence-corrected chi connectivity index (χ0v) is 18.6. The van der Waals surface area contributed by atoms with Crippen LogP contribution in [0.4, 0.5) is 9.93 Å². The number of anilines is 1. The lowest BCUT2D eigenvalue weighted by Gasteiger charge is -2.36. The Bertz CT molecular complexity index is 1070. The van der Waals surface area contributed by atoms with Gasteiger partial charge >= 0.3 is 6.03 Å². The molecule has 2 aromatic rings. The van der Waals surface area contributed by atoms with E-state index in [0.717, 1.165) is 36.3 Å². The number of thiazole rings is 1. The average Bonchev–Trinajstić information content (AvgIpc) is 3.34. The van der Waals surface area contributed by atoms with E-state index in [2.05, 4.69) is 20.6 Å². The smallest absolute Gasteiger partial charge is 0.323 e. The van der Waals surface area contributed by atoms with E-state index in [0.29, 0.717) is 48.4 Å². The molecule has 5 rings (SSSR count). The second-order valence-corrected chi connectivity index (χ2v) is 9.56. The van der Waals surface area contributed by atoms with Gasteiger partial charge < -0.3 is 14.4 Å². The van der Waals surface area contributed by atoms with Gasteiger partial charge in [-0.1, -0.05) is 11.3 Å². The van der Waals surface area contributed by atoms with Crippen molar-refractivity contribution in [1.82, 2.24) is 20.2 Å². The molecule has 3 fully saturated rings. The summed E-state index contributed by atoms with van der Waals surface area (Å²) < 4.78 is 11.9. The van der Waals surface area contributed by atoms with Crippen molar-refractivity contribution < 1.29 is 23.9 Å². The summed E-state index contributed by atoms with van der Waals surface area (Å²) in [5.41, 5.74) is 1.09. The standard InChI is InChI=1S/C21H25N5O5S/c1-30-17-15-16(13(11-22-17)12-2-8-31-9-3-12)32-19(24-15)25-20(29)26-6-4-21(5-7-26)10-14(27)23-18(21)28/h11-12H,2-10H2,1H3,(H,23,27,28)(H,24,25,29). The lowest BCUT2D eigenvalue weighted by atomic mass is 9.77. The van der Waals surface area contributed by atoms with Crippen LogP contribution in [0.3, 0.4) is 0 Å². The third-order valence-electron chi connectivity index (χ3n) is 6.72. The fourth-order valence-corrected chi connectivity index (χ4v) is 5.85. The Morgan fingerprint density at radius 3 is 2.72 bits per heavy atom. The number of urea groups is 1. The number of nitrogens with zero attached hydrogens (tertiary/aromatic N) is 3. The van der Waals surface area contributed by atoms with E-state index in [9.17, 15) is 14.4 Å². The van der Waals surface area contributed by atoms with E-state index in [1.807, 2.05) is 6.20 Å². The summed E-state index contributed by atoms with van der Waals surface area (Å²) in [4.78, 5) is 47.4. The first-order valence-corrected chi connectivity index (χ1v) is 11.6. The van der Waals surface area contributed by atoms with Crippen molar-refractivity contribution in [2.75, 3.05) is 38.7 Å². The molecule has 3 aliphatic rings. The fourth-order valence-electron chi connectivity index (χ4n) is 4.81. The number of imide groups is 1. The first-order chi connectivity index (χ1) is 15.5. The van der Waals surface area contributed by atoms with Gasteiger partial charge in [0.25, 0.3) is 0 Å². The van der Waals surface area contributed by atoms with Crippen molar-refractivity contribution in [2.45, 2.75) is 38.0 Å². The van der Waals surface area contributed by atoms with E-state index in [4.69, 9.17) is 9.47 Å². The van der Waals surface area contributed by atoms with Gasteiger partial charge in [-0.05, 0) is 37.2 Å². The minimum absolute atomic E-state index is 0.209. The van der Waals surface area contributed by atoms with Gasteiger partial charge in [0, 0.05) is 38.9 Å². The number of nitrogens with one attached hydrogen (secondary N) is 2. The molecule has 0 unspecified atom stereocenters. The number of carbonyl (C=O) groups excluding carboxylic acids is 3. The highest BCUT2D eigenvalue weighted by Gasteiger charge is 2.48. The predicted octanol–water partition coefficient (Wildman–Crippen LogP) is 2.25. The number of aromatic nitrogens is 2. The predicted molar refractivity (Wildman–Crippen MR) is 117 cm³/mol. The molecule has 0 aromatic carbocycles. The normalized spacial score (nSPS) is 21.2. The molecule has 3 saturated heterocycles. The number of pyridine rings is 1. The van der Waals surface area contributed by atoms with Crippen LogP contribution in [0.25, 0.3) is 10.2 Å². The molecule has 11 heteroatoms. The molecule has 1 spiro atoms. The van der Waals surface area contributed by atoms with Gasteiger partial charge in [0.15, 0.2) is 5.13 Å². The SMILES string of the molecule is COc1ncc(C2CCOCC2)c2sc(NC(=O)N3CCC4(CC3)CC(=O)NC4=O)nc12. The number of carbonyl (C=O) groups is 3. The van der Waals surface area contributed by atoms with Crippen molar-refractivity contribution in [3.8, 4) is 5.88 Å². The average molecular weight is 460 g/mol. The number of hydrogen-bond acceptors (Lipinski definition) is 8. The molecule has 5 heterocycles. The summed E-state index contributed by atoms with van der Waals surface area (Å²) in [5.74, 6) is 0.329. The minimum atomic E-state index is -0.665. The molecular formula is C21H25N5O5S. The monoisotopic (exact) mass is 459 g/mol. The Morgan fingerprint density at radius 1 is 1.31 bits per heavy atom. The van der Waals surface area contributed by atoms with Gasteiger partial charge in [-0.2, -0.15) is 0 Å². The van der Waals surface area contributed by atoms with E-state index >= 15 is 0 Å². The fraction of sp³-hybridized carbons (Fsp3) is 0.571. The molecule has 2 N–H and O–H groups in total. The first-order valence-electron chi connectivity index (χ1n) is 10.8. The molecule has 3 aliphatic heterocycles. The van der Waals surface area contributed by atoms with Crippen molar-refractivity contribution in [1.29, 1.82) is 0 Å². The summed E-state index contributed by atoms with van der Waals surface area (Å²) in [6, 6.07) is -0.261. The highest BCUT2D eigenvalue weighted by Crippen LogP contribution is 2.41. The first kappa shape index (κ1) is 21.1. The highest BCUT2D eigenvalue weighted by molar-refractivity contribution is 7.22. The number of ether oxygens (including phenoxy) is 2. The highest BCUT2D eigenvalue weighted by atomic mass is 32.1. The Balaban J connectivity index is 1.32. The number of methoxy groups -OCH3 is 1. The Labute approximate surface area is 188 Å². The van der Waals surface area contributed by atoms with E-state index < -0.39 is 5.41 Å². The number of fused-ring (bicyclic) bond motifs is 1. The largest absolute Gasteiger partial charge is 0.479 e. The summed E-state index contributed by atoms with van der Waals surface area (Å²) in [5, 5.41) is 5.77. The van der Waals surface area contributed by atoms with Crippen LogP contribution in [0.2, 0.25) is 0 Å². The summed E-state index contributed by atoms with van der Waals surface area (Å²) >= 11 is 1.42. The Hall–Kier alpha value is -2.79. The second kappa shape index (κ2) is 8.28. The zero-order chi connectivity index (χ0) is 22.3. The van der Waals surface area contributed by atoms with Gasteiger partial charge in [-0.15, -0.1) is 0 Å². The number of rotatable bonds is 3. The van der Waals surface area contributed by atoms with Crippen molar-refractivity contribution in [3.63, 3.8) is 0 Å². The van der Waals surface area contributed by atoms with Gasteiger partial charge in [0.05, 0.1) is 17.2 Å². The van der Waals surface area contributed by atoms with Crippen LogP contribution >= 0.6 is 11.3 Å². The molecule has 0 aliphatic carbocycles. The molecule has 10 nitrogen and oxygen atoms in total. The number of hydrogen-bond donors (Lipinski definition) is 2. The lowest BCUT2D eigenvalue weighted by molar-refractivity contribution is -0.130. The van der Waals surface area contributed by atoms with Crippen LogP contribution in [0.15, 0.2) is 6.20 Å². The number of piperidine rings is 1. The van der Waals surface area contributed by atoms with Gasteiger partial charge in [0.1, 0.15) is 5.52 Å². The van der Waals surface area contributed by atoms with Crippen molar-refractivity contribution in [2.24, 2.45) is 5.41 Å². The van der Waals surface area contributed by atoms with Gasteiger partial charge in [-0.25, -0.2) is 14.8 Å². The maximum absolute atomic E-state index is 12.9. The van der Waals surface area contributed by atoms with Crippen LogP contribution in [-0.2, 0) is 14.3 Å². The maximum Gasteiger partial charge on any atom is 0.323 e. The van der Waals surface area contributed by atoms with E-state index in [1.54, 1.807) is 12.0 Å². The minimum Gasteiger partial charge on any atom is -0.479 e. The summed E-state index contributed by atoms with van der Waals surface area (Å²) in [6.07, 6.45) is 4.86. The molecular weight excluding hydrogens is 434 g/mol. The van der Waals surface area contributed by atoms with E-state index in [-0.39, 0.29) is 24.3 Å². The third-order valence-corrected chi connectivity index (χ3v) is 7.74. The van der Waals surface area contributed by atoms with Gasteiger partial charge in [-0.3, -0.25) is 20.2 Å².